The molecule has 2 atom stereocenters. The van der Waals surface area contributed by atoms with Crippen molar-refractivity contribution in [2.75, 3.05) is 5.75 Å². The van der Waals surface area contributed by atoms with E-state index in [2.05, 4.69) is 10.3 Å². The second-order valence-corrected chi connectivity index (χ2v) is 6.45. The molecule has 1 aliphatic rings. The lowest BCUT2D eigenvalue weighted by Gasteiger charge is -2.08. The molecule has 7 heteroatoms. The molecular weight excluding hydrogens is 314 g/mol. The Morgan fingerprint density at radius 3 is 2.91 bits per heavy atom. The molecule has 1 aliphatic heterocycles. The van der Waals surface area contributed by atoms with E-state index in [0.29, 0.717) is 18.7 Å². The first-order valence-corrected chi connectivity index (χ1v) is 8.34. The van der Waals surface area contributed by atoms with Crippen LogP contribution in [0.3, 0.4) is 0 Å². The predicted molar refractivity (Wildman–Crippen MR) is 86.9 cm³/mol. The maximum Gasteiger partial charge on any atom is 0.273 e. The number of oxazole rings is 1. The Morgan fingerprint density at radius 1 is 1.43 bits per heavy atom. The molecule has 120 valence electrons. The van der Waals surface area contributed by atoms with Crippen LogP contribution in [0.1, 0.15) is 34.4 Å². The Morgan fingerprint density at radius 2 is 2.22 bits per heavy atom. The lowest BCUT2D eigenvalue weighted by atomic mass is 10.1. The summed E-state index contributed by atoms with van der Waals surface area (Å²) in [6.45, 7) is 0. The van der Waals surface area contributed by atoms with E-state index < -0.39 is 18.0 Å². The third-order valence-corrected chi connectivity index (χ3v) is 4.62. The summed E-state index contributed by atoms with van der Waals surface area (Å²) in [4.78, 5) is 27.8. The molecule has 2 heterocycles. The molecule has 3 N–H and O–H groups in total. The number of nitrogens with zero attached hydrogens (tertiary/aromatic N) is 1. The monoisotopic (exact) mass is 331 g/mol. The van der Waals surface area contributed by atoms with Crippen molar-refractivity contribution in [2.45, 2.75) is 24.9 Å². The van der Waals surface area contributed by atoms with Crippen molar-refractivity contribution < 1.29 is 14.0 Å². The van der Waals surface area contributed by atoms with Crippen molar-refractivity contribution in [2.24, 2.45) is 5.73 Å². The third kappa shape index (κ3) is 3.80. The van der Waals surface area contributed by atoms with Gasteiger partial charge in [0.15, 0.2) is 5.69 Å². The Kier molecular flexibility index (Phi) is 4.78. The van der Waals surface area contributed by atoms with Gasteiger partial charge in [-0.25, -0.2) is 4.98 Å². The van der Waals surface area contributed by atoms with Crippen LogP contribution in [0.25, 0.3) is 0 Å². The summed E-state index contributed by atoms with van der Waals surface area (Å²) in [6.07, 6.45) is 2.50. The van der Waals surface area contributed by atoms with Crippen LogP contribution in [0, 0.1) is 0 Å². The van der Waals surface area contributed by atoms with Crippen molar-refractivity contribution in [1.82, 2.24) is 10.3 Å². The van der Waals surface area contributed by atoms with Crippen LogP contribution < -0.4 is 11.1 Å². The smallest absolute Gasteiger partial charge is 0.273 e. The molecule has 0 spiro atoms. The van der Waals surface area contributed by atoms with Gasteiger partial charge in [0.05, 0.1) is 12.1 Å². The SMILES string of the molecule is NC(Cc1ccccc1)c1nc(C(=O)NC2CCSC2=O)co1. The molecule has 0 saturated carbocycles. The average Bonchev–Trinajstić information content (AvgIpc) is 3.18. The number of thioether (sulfide) groups is 1. The molecule has 0 bridgehead atoms. The van der Waals surface area contributed by atoms with Crippen LogP contribution in [0.15, 0.2) is 41.0 Å². The zero-order valence-corrected chi connectivity index (χ0v) is 13.2. The van der Waals surface area contributed by atoms with E-state index in [-0.39, 0.29) is 10.8 Å². The van der Waals surface area contributed by atoms with Crippen molar-refractivity contribution in [3.05, 3.63) is 53.7 Å². The number of nitrogens with one attached hydrogen (secondary N) is 1. The third-order valence-electron chi connectivity index (χ3n) is 3.61. The lowest BCUT2D eigenvalue weighted by Crippen LogP contribution is -2.37. The molecule has 0 radical (unpaired) electrons. The number of amides is 1. The largest absolute Gasteiger partial charge is 0.446 e. The number of aromatic nitrogens is 1. The van der Waals surface area contributed by atoms with E-state index in [1.165, 1.54) is 18.0 Å². The summed E-state index contributed by atoms with van der Waals surface area (Å²) in [5.74, 6) is 0.634. The molecule has 2 aromatic rings. The number of carbonyl (C=O) groups is 2. The number of hydrogen-bond acceptors (Lipinski definition) is 6. The van der Waals surface area contributed by atoms with Crippen molar-refractivity contribution in [3.8, 4) is 0 Å². The first-order chi connectivity index (χ1) is 11.1. The number of hydrogen-bond donors (Lipinski definition) is 2. The second-order valence-electron chi connectivity index (χ2n) is 5.35. The van der Waals surface area contributed by atoms with E-state index in [1.807, 2.05) is 30.3 Å². The highest BCUT2D eigenvalue weighted by molar-refractivity contribution is 8.14. The first-order valence-electron chi connectivity index (χ1n) is 7.36. The Hall–Kier alpha value is -2.12. The van der Waals surface area contributed by atoms with E-state index in [4.69, 9.17) is 10.2 Å². The molecule has 1 saturated heterocycles. The van der Waals surface area contributed by atoms with Gasteiger partial charge in [0, 0.05) is 5.75 Å². The van der Waals surface area contributed by atoms with Crippen molar-refractivity contribution >= 4 is 22.8 Å². The normalized spacial score (nSPS) is 18.8. The van der Waals surface area contributed by atoms with Crippen LogP contribution >= 0.6 is 11.8 Å². The lowest BCUT2D eigenvalue weighted by molar-refractivity contribution is -0.112. The van der Waals surface area contributed by atoms with Crippen LogP contribution in [0.5, 0.6) is 0 Å². The Balaban J connectivity index is 1.63. The highest BCUT2D eigenvalue weighted by Crippen LogP contribution is 2.20. The van der Waals surface area contributed by atoms with Gasteiger partial charge in [-0.2, -0.15) is 0 Å². The summed E-state index contributed by atoms with van der Waals surface area (Å²) in [5.41, 5.74) is 7.29. The van der Waals surface area contributed by atoms with Gasteiger partial charge in [-0.3, -0.25) is 9.59 Å². The number of carbonyl (C=O) groups excluding carboxylic acids is 2. The summed E-state index contributed by atoms with van der Waals surface area (Å²) in [6, 6.07) is 8.89. The topological polar surface area (TPSA) is 98.2 Å². The van der Waals surface area contributed by atoms with Crippen LogP contribution in [-0.2, 0) is 11.2 Å². The fourth-order valence-corrected chi connectivity index (χ4v) is 3.31. The van der Waals surface area contributed by atoms with Gasteiger partial charge in [0.2, 0.25) is 11.0 Å². The highest BCUT2D eigenvalue weighted by atomic mass is 32.2. The average molecular weight is 331 g/mol. The summed E-state index contributed by atoms with van der Waals surface area (Å²) in [7, 11) is 0. The molecule has 6 nitrogen and oxygen atoms in total. The van der Waals surface area contributed by atoms with Gasteiger partial charge in [-0.1, -0.05) is 42.1 Å². The Bertz CT molecular complexity index is 702. The highest BCUT2D eigenvalue weighted by Gasteiger charge is 2.28. The van der Waals surface area contributed by atoms with Crippen LogP contribution in [-0.4, -0.2) is 27.8 Å². The zero-order chi connectivity index (χ0) is 16.2. The van der Waals surface area contributed by atoms with Crippen molar-refractivity contribution in [1.29, 1.82) is 0 Å². The van der Waals surface area contributed by atoms with Gasteiger partial charge < -0.3 is 15.5 Å². The van der Waals surface area contributed by atoms with Gasteiger partial charge >= 0.3 is 0 Å². The van der Waals surface area contributed by atoms with Crippen molar-refractivity contribution in [3.63, 3.8) is 0 Å². The minimum atomic E-state index is -0.439. The molecular formula is C16H17N3O3S. The standard InChI is InChI=1S/C16H17N3O3S/c17-11(8-10-4-2-1-3-5-10)15-19-13(9-22-15)14(20)18-12-6-7-23-16(12)21/h1-5,9,11-12H,6-8,17H2,(H,18,20). The molecule has 1 amide bonds. The summed E-state index contributed by atoms with van der Waals surface area (Å²) < 4.78 is 5.32. The quantitative estimate of drug-likeness (QED) is 0.865. The minimum absolute atomic E-state index is 0.0113. The molecule has 1 aromatic heterocycles. The summed E-state index contributed by atoms with van der Waals surface area (Å²) >= 11 is 1.24. The van der Waals surface area contributed by atoms with Gasteiger partial charge in [0.25, 0.3) is 5.91 Å². The molecule has 23 heavy (non-hydrogen) atoms. The second kappa shape index (κ2) is 6.97. The molecule has 3 rings (SSSR count). The van der Waals surface area contributed by atoms with Gasteiger partial charge in [0.1, 0.15) is 6.26 Å². The fraction of sp³-hybridized carbons (Fsp3) is 0.312. The summed E-state index contributed by atoms with van der Waals surface area (Å²) in [5, 5.41) is 2.66. The predicted octanol–water partition coefficient (Wildman–Crippen LogP) is 1.68. The zero-order valence-electron chi connectivity index (χ0n) is 12.4. The van der Waals surface area contributed by atoms with E-state index in [9.17, 15) is 9.59 Å². The minimum Gasteiger partial charge on any atom is -0.446 e. The molecule has 0 aliphatic carbocycles. The Labute approximate surface area is 137 Å². The number of rotatable bonds is 5. The maximum atomic E-state index is 12.1. The van der Waals surface area contributed by atoms with E-state index >= 15 is 0 Å². The molecule has 1 aromatic carbocycles. The van der Waals surface area contributed by atoms with E-state index in [0.717, 1.165) is 11.3 Å². The number of nitrogens with two attached hydrogens (primary N) is 1. The molecule has 2 unspecified atom stereocenters. The molecule has 1 fully saturated rings. The van der Waals surface area contributed by atoms with Crippen LogP contribution in [0.2, 0.25) is 0 Å². The number of benzene rings is 1. The maximum absolute atomic E-state index is 12.1. The van der Waals surface area contributed by atoms with E-state index in [1.54, 1.807) is 0 Å². The van der Waals surface area contributed by atoms with Gasteiger partial charge in [-0.05, 0) is 18.4 Å². The van der Waals surface area contributed by atoms with Crippen LogP contribution in [0.4, 0.5) is 0 Å². The van der Waals surface area contributed by atoms with Gasteiger partial charge in [-0.15, -0.1) is 0 Å². The fourth-order valence-electron chi connectivity index (χ4n) is 2.38. The first kappa shape index (κ1) is 15.8.